The number of allylic oxidation sites excluding steroid dienone is 1. The van der Waals surface area contributed by atoms with Gasteiger partial charge in [-0.25, -0.2) is 0 Å². The Morgan fingerprint density at radius 1 is 1.03 bits per heavy atom. The summed E-state index contributed by atoms with van der Waals surface area (Å²) >= 11 is 0. The molecule has 1 aliphatic rings. The molecule has 176 valence electrons. The molecule has 2 aromatic carbocycles. The topological polar surface area (TPSA) is 73.3 Å². The van der Waals surface area contributed by atoms with Crippen LogP contribution >= 0.6 is 0 Å². The van der Waals surface area contributed by atoms with Gasteiger partial charge in [0.05, 0.1) is 19.9 Å². The average molecular weight is 458 g/mol. The molecule has 34 heavy (non-hydrogen) atoms. The van der Waals surface area contributed by atoms with Crippen molar-refractivity contribution in [1.29, 1.82) is 0 Å². The molecular weight excluding hydrogens is 426 g/mol. The molecule has 0 radical (unpaired) electrons. The molecule has 1 aromatic heterocycles. The molecule has 1 fully saturated rings. The van der Waals surface area contributed by atoms with Gasteiger partial charge in [0.1, 0.15) is 11.5 Å². The fraction of sp³-hybridized carbons (Fsp3) is 0.321. The van der Waals surface area contributed by atoms with Gasteiger partial charge in [-0.3, -0.25) is 4.79 Å². The van der Waals surface area contributed by atoms with Gasteiger partial charge in [-0.05, 0) is 85.2 Å². The number of hydrogen-bond acceptors (Lipinski definition) is 5. The van der Waals surface area contributed by atoms with E-state index < -0.39 is 0 Å². The van der Waals surface area contributed by atoms with E-state index in [-0.39, 0.29) is 17.2 Å². The fourth-order valence-corrected chi connectivity index (χ4v) is 4.52. The van der Waals surface area contributed by atoms with E-state index in [1.54, 1.807) is 26.5 Å². The zero-order valence-electron chi connectivity index (χ0n) is 19.7. The highest BCUT2D eigenvalue weighted by molar-refractivity contribution is 5.87. The first-order valence-electron chi connectivity index (χ1n) is 11.7. The van der Waals surface area contributed by atoms with Crippen molar-refractivity contribution in [3.8, 4) is 11.5 Å². The van der Waals surface area contributed by atoms with Crippen LogP contribution in [0.5, 0.6) is 11.5 Å². The largest absolute Gasteiger partial charge is 0.497 e. The highest BCUT2D eigenvalue weighted by Gasteiger charge is 2.55. The molecule has 3 aromatic rings. The van der Waals surface area contributed by atoms with E-state index in [0.717, 1.165) is 42.9 Å². The summed E-state index contributed by atoms with van der Waals surface area (Å²) in [5.41, 5.74) is 3.14. The quantitative estimate of drug-likeness (QED) is 0.339. The smallest absolute Gasteiger partial charge is 0.243 e. The Balaban J connectivity index is 1.38. The number of rotatable bonds is 11. The van der Waals surface area contributed by atoms with Crippen LogP contribution in [0.25, 0.3) is 0 Å². The molecule has 1 saturated carbocycles. The van der Waals surface area contributed by atoms with Crippen molar-refractivity contribution in [1.82, 2.24) is 15.5 Å². The molecule has 1 N–H and O–H groups in total. The van der Waals surface area contributed by atoms with Crippen LogP contribution in [0, 0.1) is 5.92 Å². The number of carbonyl (C=O) groups is 1. The monoisotopic (exact) mass is 457 g/mol. The molecule has 0 aliphatic heterocycles. The number of methoxy groups -OCH3 is 2. The van der Waals surface area contributed by atoms with E-state index in [9.17, 15) is 4.79 Å². The molecule has 1 heterocycles. The lowest BCUT2D eigenvalue weighted by Crippen LogP contribution is -2.22. The lowest BCUT2D eigenvalue weighted by Gasteiger charge is -2.20. The number of hydrogen-bond donors (Lipinski definition) is 1. The van der Waals surface area contributed by atoms with Crippen LogP contribution in [0.3, 0.4) is 0 Å². The van der Waals surface area contributed by atoms with Crippen LogP contribution in [0.2, 0.25) is 0 Å². The van der Waals surface area contributed by atoms with Gasteiger partial charge in [0, 0.05) is 18.2 Å². The Bertz CT molecular complexity index is 1080. The minimum atomic E-state index is -0.198. The summed E-state index contributed by atoms with van der Waals surface area (Å²) in [6.45, 7) is 0.644. The standard InChI is InChI=1S/C28H31N3O3/c1-33-25-12-5-8-21(18-25)28(22-9-6-13-26(19-22)34-2)20-23(28)14-15-27(32)29-16-4-3-10-24-11-7-17-30-31-24/h5-9,11-15,17-19,23H,3-4,10,16,20H2,1-2H3,(H,29,32)/b15-14+/t23-/m1/s1. The maximum Gasteiger partial charge on any atom is 0.243 e. The average Bonchev–Trinajstić information content (AvgIpc) is 3.63. The number of nitrogens with one attached hydrogen (secondary N) is 1. The Kier molecular flexibility index (Phi) is 7.58. The first kappa shape index (κ1) is 23.5. The Hall–Kier alpha value is -3.67. The van der Waals surface area contributed by atoms with Crippen LogP contribution in [-0.4, -0.2) is 36.9 Å². The molecular formula is C28H31N3O3. The Morgan fingerprint density at radius 3 is 2.35 bits per heavy atom. The van der Waals surface area contributed by atoms with Gasteiger partial charge in [0.15, 0.2) is 0 Å². The van der Waals surface area contributed by atoms with E-state index in [4.69, 9.17) is 9.47 Å². The number of amides is 1. The van der Waals surface area contributed by atoms with Crippen LogP contribution in [0.15, 0.2) is 79.0 Å². The number of aromatic nitrogens is 2. The van der Waals surface area contributed by atoms with Crippen molar-refractivity contribution in [3.05, 3.63) is 95.8 Å². The highest BCUT2D eigenvalue weighted by atomic mass is 16.5. The summed E-state index contributed by atoms with van der Waals surface area (Å²) in [7, 11) is 3.36. The fourth-order valence-electron chi connectivity index (χ4n) is 4.52. The minimum absolute atomic E-state index is 0.0587. The third kappa shape index (κ3) is 5.45. The third-order valence-electron chi connectivity index (χ3n) is 6.45. The summed E-state index contributed by atoms with van der Waals surface area (Å²) < 4.78 is 10.9. The maximum atomic E-state index is 12.4. The van der Waals surface area contributed by atoms with Crippen LogP contribution < -0.4 is 14.8 Å². The van der Waals surface area contributed by atoms with Crippen molar-refractivity contribution in [3.63, 3.8) is 0 Å². The van der Waals surface area contributed by atoms with Gasteiger partial charge >= 0.3 is 0 Å². The summed E-state index contributed by atoms with van der Waals surface area (Å²) in [4.78, 5) is 12.4. The SMILES string of the molecule is COc1cccc(C2(c3cccc(OC)c3)C[C@H]2/C=C/C(=O)NCCCCc2cccnn2)c1. The maximum absolute atomic E-state index is 12.4. The van der Waals surface area contributed by atoms with Gasteiger partial charge in [-0.1, -0.05) is 30.3 Å². The third-order valence-corrected chi connectivity index (χ3v) is 6.45. The summed E-state index contributed by atoms with van der Waals surface area (Å²) in [5, 5.41) is 11.0. The van der Waals surface area contributed by atoms with E-state index in [1.807, 2.05) is 42.5 Å². The first-order chi connectivity index (χ1) is 16.7. The van der Waals surface area contributed by atoms with Crippen molar-refractivity contribution >= 4 is 5.91 Å². The van der Waals surface area contributed by atoms with Crippen LogP contribution in [-0.2, 0) is 16.6 Å². The summed E-state index contributed by atoms with van der Waals surface area (Å²) in [5.74, 6) is 1.81. The Labute approximate surface area is 201 Å². The van der Waals surface area contributed by atoms with Gasteiger partial charge in [0.2, 0.25) is 5.91 Å². The highest BCUT2D eigenvalue weighted by Crippen LogP contribution is 2.60. The van der Waals surface area contributed by atoms with Gasteiger partial charge in [0.25, 0.3) is 0 Å². The minimum Gasteiger partial charge on any atom is -0.497 e. The van der Waals surface area contributed by atoms with E-state index in [0.29, 0.717) is 6.54 Å². The number of aryl methyl sites for hydroxylation is 1. The van der Waals surface area contributed by atoms with Gasteiger partial charge in [-0.2, -0.15) is 10.2 Å². The second-order valence-corrected chi connectivity index (χ2v) is 8.57. The number of nitrogens with zero attached hydrogens (tertiary/aromatic N) is 2. The molecule has 4 rings (SSSR count). The van der Waals surface area contributed by atoms with Gasteiger partial charge in [-0.15, -0.1) is 0 Å². The first-order valence-corrected chi connectivity index (χ1v) is 11.7. The van der Waals surface area contributed by atoms with E-state index in [2.05, 4.69) is 39.8 Å². The number of benzene rings is 2. The van der Waals surface area contributed by atoms with Gasteiger partial charge < -0.3 is 14.8 Å². The zero-order chi connectivity index (χ0) is 23.8. The molecule has 0 spiro atoms. The predicted molar refractivity (Wildman–Crippen MR) is 132 cm³/mol. The number of carbonyl (C=O) groups excluding carboxylic acids is 1. The molecule has 6 heteroatoms. The molecule has 1 amide bonds. The van der Waals surface area contributed by atoms with Crippen molar-refractivity contribution in [2.45, 2.75) is 31.1 Å². The molecule has 1 aliphatic carbocycles. The lowest BCUT2D eigenvalue weighted by molar-refractivity contribution is -0.116. The molecule has 0 saturated heterocycles. The van der Waals surface area contributed by atoms with E-state index >= 15 is 0 Å². The zero-order valence-corrected chi connectivity index (χ0v) is 19.7. The number of ether oxygens (including phenoxy) is 2. The Morgan fingerprint density at radius 2 is 1.74 bits per heavy atom. The molecule has 1 atom stereocenters. The lowest BCUT2D eigenvalue weighted by atomic mass is 9.85. The van der Waals surface area contributed by atoms with Crippen molar-refractivity contribution in [2.75, 3.05) is 20.8 Å². The molecule has 0 unspecified atom stereocenters. The second-order valence-electron chi connectivity index (χ2n) is 8.57. The van der Waals surface area contributed by atoms with E-state index in [1.165, 1.54) is 11.1 Å². The van der Waals surface area contributed by atoms with Crippen molar-refractivity contribution in [2.24, 2.45) is 5.92 Å². The molecule has 0 bridgehead atoms. The van der Waals surface area contributed by atoms with Crippen LogP contribution in [0.1, 0.15) is 36.1 Å². The second kappa shape index (κ2) is 11.0. The normalized spacial score (nSPS) is 16.2. The summed E-state index contributed by atoms with van der Waals surface area (Å²) in [6, 6.07) is 20.2. The van der Waals surface area contributed by atoms with Crippen LogP contribution in [0.4, 0.5) is 0 Å². The number of unbranched alkanes of at least 4 members (excludes halogenated alkanes) is 1. The predicted octanol–water partition coefficient (Wildman–Crippen LogP) is 4.50. The van der Waals surface area contributed by atoms with Crippen molar-refractivity contribution < 1.29 is 14.3 Å². The molecule has 6 nitrogen and oxygen atoms in total. The summed E-state index contributed by atoms with van der Waals surface area (Å²) in [6.07, 6.45) is 9.04.